The number of benzene rings is 2. The minimum Gasteiger partial charge on any atom is -0.372 e. The van der Waals surface area contributed by atoms with Crippen molar-refractivity contribution in [3.05, 3.63) is 80.4 Å². The smallest absolute Gasteiger partial charge is 0.273 e. The zero-order valence-corrected chi connectivity index (χ0v) is 18.5. The van der Waals surface area contributed by atoms with Gasteiger partial charge in [0.25, 0.3) is 17.0 Å². The van der Waals surface area contributed by atoms with Crippen LogP contribution in [0.3, 0.4) is 0 Å². The number of morpholine rings is 1. The molecule has 0 bridgehead atoms. The van der Waals surface area contributed by atoms with E-state index in [-0.39, 0.29) is 42.0 Å². The second-order valence-corrected chi connectivity index (χ2v) is 8.32. The highest BCUT2D eigenvalue weighted by Gasteiger charge is 2.26. The van der Waals surface area contributed by atoms with Gasteiger partial charge in [-0.2, -0.15) is 0 Å². The van der Waals surface area contributed by atoms with E-state index in [4.69, 9.17) is 4.74 Å². The third kappa shape index (κ3) is 5.04. The number of carbonyl (C=O) groups is 2. The van der Waals surface area contributed by atoms with Crippen molar-refractivity contribution in [3.63, 3.8) is 0 Å². The van der Waals surface area contributed by atoms with E-state index in [1.165, 1.54) is 0 Å². The van der Waals surface area contributed by atoms with Crippen molar-refractivity contribution in [1.29, 1.82) is 0 Å². The number of hydrogen-bond donors (Lipinski definition) is 2. The zero-order valence-electron chi connectivity index (χ0n) is 18.5. The predicted octanol–water partition coefficient (Wildman–Crippen LogP) is 1.26. The van der Waals surface area contributed by atoms with Crippen LogP contribution in [0.5, 0.6) is 0 Å². The van der Waals surface area contributed by atoms with Crippen LogP contribution in [0.15, 0.2) is 58.1 Å². The molecule has 0 aliphatic carbocycles. The first-order chi connectivity index (χ1) is 15.8. The van der Waals surface area contributed by atoms with E-state index in [2.05, 4.69) is 10.4 Å². The van der Waals surface area contributed by atoms with Gasteiger partial charge in [-0.15, -0.1) is 0 Å². The van der Waals surface area contributed by atoms with Crippen LogP contribution in [0.2, 0.25) is 0 Å². The van der Waals surface area contributed by atoms with E-state index in [1.807, 2.05) is 13.8 Å². The fourth-order valence-corrected chi connectivity index (χ4v) is 4.05. The molecule has 172 valence electrons. The first-order valence-electron chi connectivity index (χ1n) is 10.8. The van der Waals surface area contributed by atoms with E-state index in [1.54, 1.807) is 53.4 Å². The third-order valence-corrected chi connectivity index (χ3v) is 5.58. The summed E-state index contributed by atoms with van der Waals surface area (Å²) < 4.78 is 6.68. The van der Waals surface area contributed by atoms with Gasteiger partial charge in [0.15, 0.2) is 0 Å². The average Bonchev–Trinajstić information content (AvgIpc) is 2.80. The highest BCUT2D eigenvalue weighted by molar-refractivity contribution is 5.94. The van der Waals surface area contributed by atoms with Crippen molar-refractivity contribution in [2.75, 3.05) is 13.1 Å². The van der Waals surface area contributed by atoms with Crippen LogP contribution >= 0.6 is 0 Å². The van der Waals surface area contributed by atoms with Gasteiger partial charge in [0, 0.05) is 25.2 Å². The topological polar surface area (TPSA) is 113 Å². The number of rotatable bonds is 5. The number of nitrogens with one attached hydrogen (secondary N) is 2. The van der Waals surface area contributed by atoms with Crippen LogP contribution in [-0.2, 0) is 22.6 Å². The molecule has 1 fully saturated rings. The molecule has 1 aliphatic heterocycles. The molecular weight excluding hydrogens is 424 g/mol. The lowest BCUT2D eigenvalue weighted by Gasteiger charge is -2.35. The van der Waals surface area contributed by atoms with E-state index in [9.17, 15) is 19.2 Å². The van der Waals surface area contributed by atoms with Gasteiger partial charge >= 0.3 is 0 Å². The highest BCUT2D eigenvalue weighted by atomic mass is 16.5. The Labute approximate surface area is 190 Å². The molecule has 2 aromatic carbocycles. The average molecular weight is 450 g/mol. The predicted molar refractivity (Wildman–Crippen MR) is 123 cm³/mol. The lowest BCUT2D eigenvalue weighted by atomic mass is 10.1. The summed E-state index contributed by atoms with van der Waals surface area (Å²) in [4.78, 5) is 51.6. The van der Waals surface area contributed by atoms with Crippen LogP contribution < -0.4 is 16.4 Å². The number of fused-ring (bicyclic) bond motifs is 1. The SMILES string of the molecule is CC1CN(C(=O)c2ccc(CNC(=O)Cn3[nH]c(=O)c4ccccc4c3=O)cc2)CC(C)O1. The maximum Gasteiger partial charge on any atom is 0.273 e. The Balaban J connectivity index is 1.37. The van der Waals surface area contributed by atoms with E-state index in [0.29, 0.717) is 18.7 Å². The van der Waals surface area contributed by atoms with Crippen molar-refractivity contribution >= 4 is 22.6 Å². The Morgan fingerprint density at radius 1 is 1.00 bits per heavy atom. The summed E-state index contributed by atoms with van der Waals surface area (Å²) in [5.74, 6) is -0.466. The lowest BCUT2D eigenvalue weighted by molar-refractivity contribution is -0.122. The number of hydrogen-bond acceptors (Lipinski definition) is 5. The summed E-state index contributed by atoms with van der Waals surface area (Å²) in [6, 6.07) is 13.5. The van der Waals surface area contributed by atoms with Crippen molar-refractivity contribution < 1.29 is 14.3 Å². The minimum absolute atomic E-state index is 0.00256. The fourth-order valence-electron chi connectivity index (χ4n) is 4.05. The van der Waals surface area contributed by atoms with E-state index < -0.39 is 17.0 Å². The maximum absolute atomic E-state index is 12.8. The number of ether oxygens (including phenoxy) is 1. The molecular formula is C24H26N4O5. The second-order valence-electron chi connectivity index (χ2n) is 8.32. The molecule has 1 aliphatic rings. The molecule has 9 heteroatoms. The van der Waals surface area contributed by atoms with Crippen LogP contribution in [0.25, 0.3) is 10.8 Å². The molecule has 0 radical (unpaired) electrons. The first kappa shape index (κ1) is 22.5. The Morgan fingerprint density at radius 3 is 2.30 bits per heavy atom. The van der Waals surface area contributed by atoms with Crippen molar-refractivity contribution in [3.8, 4) is 0 Å². The molecule has 2 N–H and O–H groups in total. The van der Waals surface area contributed by atoms with Gasteiger partial charge in [-0.3, -0.25) is 24.3 Å². The molecule has 1 saturated heterocycles. The Kier molecular flexibility index (Phi) is 6.41. The summed E-state index contributed by atoms with van der Waals surface area (Å²) in [6.07, 6.45) is -0.00512. The molecule has 2 heterocycles. The van der Waals surface area contributed by atoms with Gasteiger partial charge in [0.2, 0.25) is 5.91 Å². The van der Waals surface area contributed by atoms with E-state index >= 15 is 0 Å². The summed E-state index contributed by atoms with van der Waals surface area (Å²) in [5.41, 5.74) is 0.520. The van der Waals surface area contributed by atoms with Gasteiger partial charge < -0.3 is 15.0 Å². The fraction of sp³-hybridized carbons (Fsp3) is 0.333. The Bertz CT molecular complexity index is 1280. The molecule has 0 spiro atoms. The monoisotopic (exact) mass is 450 g/mol. The molecule has 2 atom stereocenters. The number of aromatic amines is 1. The quantitative estimate of drug-likeness (QED) is 0.608. The molecule has 1 aromatic heterocycles. The van der Waals surface area contributed by atoms with Gasteiger partial charge in [-0.25, -0.2) is 4.68 Å². The molecule has 33 heavy (non-hydrogen) atoms. The van der Waals surface area contributed by atoms with Gasteiger partial charge in [0.05, 0.1) is 23.0 Å². The highest BCUT2D eigenvalue weighted by Crippen LogP contribution is 2.15. The Morgan fingerprint density at radius 2 is 1.64 bits per heavy atom. The summed E-state index contributed by atoms with van der Waals surface area (Å²) >= 11 is 0. The van der Waals surface area contributed by atoms with Crippen molar-refractivity contribution in [2.45, 2.75) is 39.1 Å². The Hall–Kier alpha value is -3.72. The first-order valence-corrected chi connectivity index (χ1v) is 10.8. The normalized spacial score (nSPS) is 18.3. The zero-order chi connectivity index (χ0) is 23.5. The van der Waals surface area contributed by atoms with Crippen LogP contribution in [0.1, 0.15) is 29.8 Å². The molecule has 3 aromatic rings. The van der Waals surface area contributed by atoms with Crippen LogP contribution in [0.4, 0.5) is 0 Å². The summed E-state index contributed by atoms with van der Waals surface area (Å²) in [5, 5.41) is 5.72. The molecule has 0 saturated carbocycles. The number of amides is 2. The summed E-state index contributed by atoms with van der Waals surface area (Å²) in [7, 11) is 0. The standard InChI is InChI=1S/C24H26N4O5/c1-15-12-27(13-16(2)33-15)23(31)18-9-7-17(8-10-18)11-25-21(29)14-28-24(32)20-6-4-3-5-19(20)22(30)26-28/h3-10,15-16H,11-14H2,1-2H3,(H,25,29)(H,26,30). The van der Waals surface area contributed by atoms with Gasteiger partial charge in [-0.05, 0) is 43.7 Å². The maximum atomic E-state index is 12.8. The number of nitrogens with zero attached hydrogens (tertiary/aromatic N) is 2. The van der Waals surface area contributed by atoms with Crippen LogP contribution in [0, 0.1) is 0 Å². The van der Waals surface area contributed by atoms with Gasteiger partial charge in [0.1, 0.15) is 6.54 Å². The minimum atomic E-state index is -0.435. The third-order valence-electron chi connectivity index (χ3n) is 5.58. The molecule has 2 unspecified atom stereocenters. The van der Waals surface area contributed by atoms with Crippen LogP contribution in [-0.4, -0.2) is 51.8 Å². The number of aromatic nitrogens is 2. The van der Waals surface area contributed by atoms with Crippen molar-refractivity contribution in [2.24, 2.45) is 0 Å². The van der Waals surface area contributed by atoms with Gasteiger partial charge in [-0.1, -0.05) is 24.3 Å². The number of H-pyrrole nitrogens is 1. The second kappa shape index (κ2) is 9.41. The van der Waals surface area contributed by atoms with Crippen molar-refractivity contribution in [1.82, 2.24) is 20.0 Å². The molecule has 9 nitrogen and oxygen atoms in total. The molecule has 4 rings (SSSR count). The lowest BCUT2D eigenvalue weighted by Crippen LogP contribution is -2.48. The number of carbonyl (C=O) groups excluding carboxylic acids is 2. The molecule has 2 amide bonds. The van der Waals surface area contributed by atoms with E-state index in [0.717, 1.165) is 10.2 Å². The largest absolute Gasteiger partial charge is 0.372 e. The summed E-state index contributed by atoms with van der Waals surface area (Å²) in [6.45, 7) is 4.93.